The van der Waals surface area contributed by atoms with Crippen LogP contribution < -0.4 is 10.6 Å². The number of carbonyl (C=O) groups is 5. The minimum absolute atomic E-state index is 0.0817. The first kappa shape index (κ1) is 116. The number of rotatable bonds is 44. The van der Waals surface area contributed by atoms with Crippen LogP contribution in [0.15, 0.2) is 11.8 Å². The van der Waals surface area contributed by atoms with Gasteiger partial charge in [0.1, 0.15) is 152 Å². The zero-order valence-electron chi connectivity index (χ0n) is 66.5. The quantitative estimate of drug-likeness (QED) is 0.0153. The molecule has 0 aromatic heterocycles. The molecule has 7 aliphatic heterocycles. The molecule has 23 N–H and O–H groups in total. The zero-order chi connectivity index (χ0) is 102. The summed E-state index contributed by atoms with van der Waals surface area (Å²) < 4.78 is 467. The fourth-order valence-corrected chi connectivity index (χ4v) is 18.4. The van der Waals surface area contributed by atoms with Gasteiger partial charge in [0.05, 0.1) is 38.1 Å². The fourth-order valence-electron chi connectivity index (χ4n) is 13.6. The molecule has 0 aliphatic carbocycles. The number of carboxylic acid groups (broad SMARTS) is 3. The van der Waals surface area contributed by atoms with Crippen molar-refractivity contribution in [2.45, 2.75) is 262 Å². The molecular weight excluding hydrogens is 2090 g/mol. The van der Waals surface area contributed by atoms with Crippen molar-refractivity contribution in [3.8, 4) is 0 Å². The van der Waals surface area contributed by atoms with E-state index in [0.717, 1.165) is 0 Å². The van der Waals surface area contributed by atoms with Gasteiger partial charge in [-0.2, -0.15) is 84.2 Å². The van der Waals surface area contributed by atoms with E-state index >= 15 is 0 Å². The summed E-state index contributed by atoms with van der Waals surface area (Å²) in [6, 6.07) is -5.91. The van der Waals surface area contributed by atoms with Crippen LogP contribution in [-0.2, 0) is 236 Å². The summed E-state index contributed by atoms with van der Waals surface area (Å²) in [5.74, 6) is -12.7. The van der Waals surface area contributed by atoms with Gasteiger partial charge in [0.2, 0.25) is 11.8 Å². The Balaban J connectivity index is 1.46. The van der Waals surface area contributed by atoms with Crippen LogP contribution >= 0.6 is 0 Å². The molecule has 72 nitrogen and oxygen atoms in total. The number of aliphatic hydroxyl groups excluding tert-OH is 8. The molecule has 2 amide bonds. The molecule has 134 heavy (non-hydrogen) atoms. The summed E-state index contributed by atoms with van der Waals surface area (Å²) in [4.78, 5) is 66.8. The van der Waals surface area contributed by atoms with Gasteiger partial charge in [-0.3, -0.25) is 55.1 Å². The number of ether oxygens (including phenoxy) is 14. The first-order valence-electron chi connectivity index (χ1n) is 35.8. The van der Waals surface area contributed by atoms with Crippen molar-refractivity contribution in [1.82, 2.24) is 10.6 Å². The average Bonchev–Trinajstić information content (AvgIpc) is 0.747. The zero-order valence-corrected chi connectivity index (χ0v) is 74.7. The number of carboxylic acids is 3. The number of aliphatic hydroxyl groups is 8. The van der Waals surface area contributed by atoms with Crippen LogP contribution in [0, 0.1) is 0 Å². The lowest BCUT2D eigenvalue weighted by Crippen LogP contribution is -2.72. The molecule has 0 spiro atoms. The molecular formula is C52H82N2O70S10. The molecule has 780 valence electrons. The lowest BCUT2D eigenvalue weighted by molar-refractivity contribution is -0.389. The second-order valence-corrected chi connectivity index (χ2v) is 38.9. The van der Waals surface area contributed by atoms with E-state index < -0.39 is 386 Å². The average molecular weight is 2180 g/mol. The third-order valence-corrected chi connectivity index (χ3v) is 23.2. The molecule has 0 saturated carbocycles. The minimum Gasteiger partial charge on any atom is -0.502 e. The third kappa shape index (κ3) is 33.7. The van der Waals surface area contributed by atoms with E-state index in [-0.39, 0.29) is 6.08 Å². The van der Waals surface area contributed by atoms with Crippen molar-refractivity contribution in [2.24, 2.45) is 0 Å². The standard InChI is InChI=1S/C52H82N2O70S10/c1-10-27(117-127(77,78)79)36(122-132(92,93)94)24(61)49(104-10)107-17(6-15(57)43(64)65)16(58)7-101-32-20(53-13(4)55)47(108-18(8-102-125(71,72)73)30(32)120-130(86,87)88)115-40-35(113-51-26(63)38(124-134(98,99)100)29(12(3)106-51)119-129(83,84)85)23(60)52(116-42(40)45(68)69)111-33-21(54-14(5)56)48(109-19(9-103-126(74,75)76)31(33)121-131(89,90)91)114-39-34(22(59)46(70)110-41(39)44(66)67)112-50-25(62)37(123-133(95,96)97)28(11(2)105-50)118-128(80,81)82/h6,10-12,16-42,46-52,57-63,70H,7-9H2,1-5H3,(H,53,55)(H,54,56)(H,64,65)(H,66,67)(H,68,69)(H,71,72,73)(H,74,75,76)(H,77,78,79)(H,80,81,82)(H,83,84,85)(H,86,87,88)(H,89,90,91)(H,92,93,94)(H,95,96,97)(H,98,99,100)/b15-6-/t10?,11?,12?,16?,17-,18?,19?,20?,21?,22?,23-,24?,25?,26?,27+,28+,29+,30-,31-,32+,33+,34+,35?,36+,37+,38+,39-,40-,41?,42?,46+,47-,48-,49-,50-,51-,52+/m0/s1. The number of amides is 2. The van der Waals surface area contributed by atoms with Gasteiger partial charge in [-0.15, -0.1) is 0 Å². The fraction of sp³-hybridized carbons (Fsp3) is 0.865. The molecule has 0 radical (unpaired) electrons. The number of hydrogen-bond acceptors (Lipinski definition) is 57. The Hall–Kier alpha value is -5.25. The van der Waals surface area contributed by atoms with Gasteiger partial charge in [0.15, 0.2) is 62.0 Å². The summed E-state index contributed by atoms with van der Waals surface area (Å²) in [7, 11) is -60.5. The first-order chi connectivity index (χ1) is 60.8. The predicted octanol–water partition coefficient (Wildman–Crippen LogP) is -15.2. The Bertz CT molecular complexity index is 5380. The highest BCUT2D eigenvalue weighted by molar-refractivity contribution is 7.83. The van der Waals surface area contributed by atoms with E-state index in [1.54, 1.807) is 0 Å². The van der Waals surface area contributed by atoms with Gasteiger partial charge in [-0.25, -0.2) is 56.2 Å². The molecule has 0 bridgehead atoms. The number of nitrogens with one attached hydrogen (secondary N) is 2. The van der Waals surface area contributed by atoms with E-state index in [0.29, 0.717) is 34.6 Å². The SMILES string of the molecule is CC(=O)NC1[C@H](O[C@@H]2C(C(=O)O)O[C@@H](O[C@@H]3C(NC(C)=O)[C@H](O[C@@H]4C(C(=O)O)O[C@@H](O)C(O)[C@H]4O[C@@H]4OC(C)[C@@H](OS(=O)(=O)O)[C@H](OS(=O)(=O)O)C4O)OC(COS(=O)(=O)O)[C@@H]3OS(=O)(=O)O)[C@@H](O)C2O[C@@H]2OC(C)[C@@H](OS(=O)(=O)O)[C@H](OS(=O)(=O)O)C2O)OC(COS(=O)(=O)O)[C@H](OS(=O)(=O)O)[C@@H]1OCC(O)[C@H](/C=C(\O)C(=O)O)O[C@@H]1OC(C)[C@@H](OS(=O)(=O)O)[C@H](OS(=O)(=O)O)C1O. The van der Waals surface area contributed by atoms with Crippen molar-refractivity contribution in [1.29, 1.82) is 0 Å². The maximum Gasteiger partial charge on any atom is 0.397 e. The highest BCUT2D eigenvalue weighted by Gasteiger charge is 2.64. The van der Waals surface area contributed by atoms with E-state index in [2.05, 4.69) is 33.5 Å². The molecule has 7 fully saturated rings. The second kappa shape index (κ2) is 44.9. The lowest BCUT2D eigenvalue weighted by atomic mass is 9.93. The maximum absolute atomic E-state index is 14.2. The van der Waals surface area contributed by atoms with Crippen LogP contribution in [0.25, 0.3) is 0 Å². The predicted molar refractivity (Wildman–Crippen MR) is 390 cm³/mol. The molecule has 15 unspecified atom stereocenters. The summed E-state index contributed by atoms with van der Waals surface area (Å²) >= 11 is 0. The van der Waals surface area contributed by atoms with Gasteiger partial charge in [-0.1, -0.05) is 0 Å². The normalized spacial score (nSPS) is 37.7. The number of carbonyl (C=O) groups excluding carboxylic acids is 2. The smallest absolute Gasteiger partial charge is 0.397 e. The summed E-state index contributed by atoms with van der Waals surface area (Å²) in [6.45, 7) is -3.13. The Labute approximate surface area is 751 Å². The monoisotopic (exact) mass is 2170 g/mol. The topological polar surface area (TPSA) is 1100 Å². The molecule has 7 heterocycles. The van der Waals surface area contributed by atoms with Crippen molar-refractivity contribution < 1.29 is 318 Å². The highest BCUT2D eigenvalue weighted by atomic mass is 32.3. The molecule has 82 heteroatoms. The van der Waals surface area contributed by atoms with Crippen LogP contribution in [0.3, 0.4) is 0 Å². The van der Waals surface area contributed by atoms with Crippen LogP contribution in [-0.4, -0.2) is 462 Å². The molecule has 37 atom stereocenters. The Morgan fingerprint density at radius 1 is 0.336 bits per heavy atom. The van der Waals surface area contributed by atoms with Crippen LogP contribution in [0.5, 0.6) is 0 Å². The van der Waals surface area contributed by atoms with Gasteiger partial charge in [-0.05, 0) is 26.8 Å². The summed E-state index contributed by atoms with van der Waals surface area (Å²) in [6.07, 6.45) is -105. The van der Waals surface area contributed by atoms with E-state index in [9.17, 15) is 210 Å². The van der Waals surface area contributed by atoms with Crippen molar-refractivity contribution >= 4 is 134 Å². The molecule has 7 aliphatic rings. The molecule has 7 rings (SSSR count). The van der Waals surface area contributed by atoms with Crippen molar-refractivity contribution in [2.75, 3.05) is 19.8 Å². The van der Waals surface area contributed by atoms with Crippen LogP contribution in [0.1, 0.15) is 34.6 Å². The van der Waals surface area contributed by atoms with E-state index in [4.69, 9.17) is 74.7 Å². The Morgan fingerprint density at radius 2 is 0.619 bits per heavy atom. The third-order valence-electron chi connectivity index (χ3n) is 18.6. The van der Waals surface area contributed by atoms with E-state index in [1.807, 2.05) is 10.6 Å². The Morgan fingerprint density at radius 3 is 0.955 bits per heavy atom. The van der Waals surface area contributed by atoms with Gasteiger partial charge < -0.3 is 133 Å². The van der Waals surface area contributed by atoms with Crippen molar-refractivity contribution in [3.63, 3.8) is 0 Å². The number of aliphatic carboxylic acids is 3. The van der Waals surface area contributed by atoms with Crippen LogP contribution in [0.4, 0.5) is 0 Å². The summed E-state index contributed by atoms with van der Waals surface area (Å²) in [5.41, 5.74) is 0. The Kier molecular flexibility index (Phi) is 38.8. The maximum atomic E-state index is 14.2. The highest BCUT2D eigenvalue weighted by Crippen LogP contribution is 2.42. The lowest BCUT2D eigenvalue weighted by Gasteiger charge is -2.52. The first-order valence-corrected chi connectivity index (χ1v) is 49.5. The number of hydrogen-bond donors (Lipinski definition) is 23. The van der Waals surface area contributed by atoms with Crippen LogP contribution in [0.2, 0.25) is 0 Å². The van der Waals surface area contributed by atoms with E-state index in [1.165, 1.54) is 0 Å². The molecule has 7 saturated heterocycles. The largest absolute Gasteiger partial charge is 0.502 e. The molecule has 0 aromatic rings. The second-order valence-electron chi connectivity index (χ2n) is 28.3. The minimum atomic E-state index is -6.44. The van der Waals surface area contributed by atoms with Gasteiger partial charge in [0, 0.05) is 13.8 Å². The van der Waals surface area contributed by atoms with Crippen molar-refractivity contribution in [3.05, 3.63) is 11.8 Å². The van der Waals surface area contributed by atoms with Gasteiger partial charge in [0.25, 0.3) is 0 Å². The molecule has 0 aromatic carbocycles. The van der Waals surface area contributed by atoms with Gasteiger partial charge >= 0.3 is 122 Å². The summed E-state index contributed by atoms with van der Waals surface area (Å²) in [5, 5.41) is 128.